The first-order valence-electron chi connectivity index (χ1n) is 6.42. The Balaban J connectivity index is 1.75. The fraction of sp³-hybridized carbons (Fsp3) is 0.500. The second-order valence-electron chi connectivity index (χ2n) is 5.06. The fourth-order valence-corrected chi connectivity index (χ4v) is 2.44. The number of amides is 1. The maximum atomic E-state index is 11.7. The zero-order chi connectivity index (χ0) is 13.0. The van der Waals surface area contributed by atoms with Crippen LogP contribution in [0.3, 0.4) is 0 Å². The van der Waals surface area contributed by atoms with Crippen molar-refractivity contribution in [2.45, 2.75) is 31.8 Å². The molecule has 0 aliphatic heterocycles. The molecule has 4 heteroatoms. The van der Waals surface area contributed by atoms with Crippen molar-refractivity contribution in [1.82, 2.24) is 5.32 Å². The molecule has 4 N–H and O–H groups in total. The van der Waals surface area contributed by atoms with Gasteiger partial charge >= 0.3 is 0 Å². The SMILES string of the molecule is Nc1cccc(CC(=O)NCC2CCC(O)C2)c1. The minimum absolute atomic E-state index is 0.0157. The van der Waals surface area contributed by atoms with Gasteiger partial charge in [0, 0.05) is 12.2 Å². The van der Waals surface area contributed by atoms with Crippen molar-refractivity contribution in [3.8, 4) is 0 Å². The topological polar surface area (TPSA) is 75.4 Å². The van der Waals surface area contributed by atoms with Gasteiger partial charge in [0.2, 0.25) is 5.91 Å². The molecule has 0 spiro atoms. The maximum Gasteiger partial charge on any atom is 0.224 e. The van der Waals surface area contributed by atoms with E-state index in [1.165, 1.54) is 0 Å². The van der Waals surface area contributed by atoms with Crippen LogP contribution < -0.4 is 11.1 Å². The molecule has 0 heterocycles. The first kappa shape index (κ1) is 12.9. The number of nitrogens with one attached hydrogen (secondary N) is 1. The van der Waals surface area contributed by atoms with E-state index in [4.69, 9.17) is 5.73 Å². The number of carbonyl (C=O) groups excluding carboxylic acids is 1. The van der Waals surface area contributed by atoms with Crippen LogP contribution in [-0.2, 0) is 11.2 Å². The van der Waals surface area contributed by atoms with E-state index in [2.05, 4.69) is 5.32 Å². The second kappa shape index (κ2) is 5.87. The number of aliphatic hydroxyl groups is 1. The lowest BCUT2D eigenvalue weighted by Gasteiger charge is -2.11. The van der Waals surface area contributed by atoms with Crippen LogP contribution in [0.1, 0.15) is 24.8 Å². The zero-order valence-electron chi connectivity index (χ0n) is 10.4. The van der Waals surface area contributed by atoms with Crippen LogP contribution in [0.5, 0.6) is 0 Å². The Bertz CT molecular complexity index is 420. The number of nitrogens with two attached hydrogens (primary N) is 1. The monoisotopic (exact) mass is 248 g/mol. The number of anilines is 1. The first-order valence-corrected chi connectivity index (χ1v) is 6.42. The molecule has 1 amide bonds. The Kier molecular flexibility index (Phi) is 4.20. The highest BCUT2D eigenvalue weighted by atomic mass is 16.3. The van der Waals surface area contributed by atoms with Gasteiger partial charge in [0.1, 0.15) is 0 Å². The molecule has 2 rings (SSSR count). The molecule has 4 nitrogen and oxygen atoms in total. The number of benzene rings is 1. The van der Waals surface area contributed by atoms with Gasteiger partial charge in [0.15, 0.2) is 0 Å². The molecule has 0 aromatic heterocycles. The molecule has 0 bridgehead atoms. The summed E-state index contributed by atoms with van der Waals surface area (Å²) in [6.45, 7) is 0.665. The third kappa shape index (κ3) is 3.74. The highest BCUT2D eigenvalue weighted by molar-refractivity contribution is 5.78. The van der Waals surface area contributed by atoms with Crippen molar-refractivity contribution < 1.29 is 9.90 Å². The van der Waals surface area contributed by atoms with Gasteiger partial charge in [-0.25, -0.2) is 0 Å². The van der Waals surface area contributed by atoms with Crippen molar-refractivity contribution in [2.75, 3.05) is 12.3 Å². The Hall–Kier alpha value is -1.55. The van der Waals surface area contributed by atoms with Crippen molar-refractivity contribution in [3.05, 3.63) is 29.8 Å². The lowest BCUT2D eigenvalue weighted by Crippen LogP contribution is -2.29. The van der Waals surface area contributed by atoms with Crippen LogP contribution in [0.25, 0.3) is 0 Å². The molecule has 2 unspecified atom stereocenters. The van der Waals surface area contributed by atoms with E-state index >= 15 is 0 Å². The number of nitrogen functional groups attached to an aromatic ring is 1. The van der Waals surface area contributed by atoms with E-state index in [1.54, 1.807) is 6.07 Å². The molecule has 1 saturated carbocycles. The molecule has 1 aliphatic carbocycles. The van der Waals surface area contributed by atoms with Gasteiger partial charge in [0.05, 0.1) is 12.5 Å². The standard InChI is InChI=1S/C14H20N2O2/c15-12-3-1-2-10(6-12)8-14(18)16-9-11-4-5-13(17)7-11/h1-3,6,11,13,17H,4-5,7-9,15H2,(H,16,18). The van der Waals surface area contributed by atoms with Gasteiger partial charge in [-0.3, -0.25) is 4.79 Å². The molecule has 2 atom stereocenters. The van der Waals surface area contributed by atoms with Crippen molar-refractivity contribution in [3.63, 3.8) is 0 Å². The smallest absolute Gasteiger partial charge is 0.224 e. The summed E-state index contributed by atoms with van der Waals surface area (Å²) in [5.74, 6) is 0.437. The summed E-state index contributed by atoms with van der Waals surface area (Å²) < 4.78 is 0. The number of hydrogen-bond acceptors (Lipinski definition) is 3. The summed E-state index contributed by atoms with van der Waals surface area (Å²) >= 11 is 0. The highest BCUT2D eigenvalue weighted by Crippen LogP contribution is 2.24. The number of rotatable bonds is 4. The Morgan fingerprint density at radius 1 is 1.44 bits per heavy atom. The number of hydrogen-bond donors (Lipinski definition) is 3. The molecule has 1 aromatic rings. The quantitative estimate of drug-likeness (QED) is 0.698. The average molecular weight is 248 g/mol. The molecule has 1 aliphatic rings. The molecular formula is C14H20N2O2. The molecule has 98 valence electrons. The maximum absolute atomic E-state index is 11.7. The molecule has 1 fully saturated rings. The van der Waals surface area contributed by atoms with Crippen LogP contribution in [0.2, 0.25) is 0 Å². The highest BCUT2D eigenvalue weighted by Gasteiger charge is 2.22. The minimum Gasteiger partial charge on any atom is -0.399 e. The van der Waals surface area contributed by atoms with E-state index in [9.17, 15) is 9.90 Å². The summed E-state index contributed by atoms with van der Waals surface area (Å²) in [4.78, 5) is 11.7. The third-order valence-electron chi connectivity index (χ3n) is 3.42. The van der Waals surface area contributed by atoms with Gasteiger partial charge in [-0.15, -0.1) is 0 Å². The van der Waals surface area contributed by atoms with Gasteiger partial charge < -0.3 is 16.2 Å². The molecule has 0 radical (unpaired) electrons. The van der Waals surface area contributed by atoms with Gasteiger partial charge in [-0.1, -0.05) is 12.1 Å². The largest absolute Gasteiger partial charge is 0.399 e. The van der Waals surface area contributed by atoms with E-state index < -0.39 is 0 Å². The van der Waals surface area contributed by atoms with Crippen LogP contribution >= 0.6 is 0 Å². The summed E-state index contributed by atoms with van der Waals surface area (Å²) in [6.07, 6.45) is 2.84. The fourth-order valence-electron chi connectivity index (χ4n) is 2.44. The van der Waals surface area contributed by atoms with Gasteiger partial charge in [-0.2, -0.15) is 0 Å². The molecule has 18 heavy (non-hydrogen) atoms. The first-order chi connectivity index (χ1) is 8.63. The van der Waals surface area contributed by atoms with Gasteiger partial charge in [-0.05, 0) is 42.9 Å². The lowest BCUT2D eigenvalue weighted by atomic mass is 10.1. The van der Waals surface area contributed by atoms with Crippen LogP contribution in [0.4, 0.5) is 5.69 Å². The average Bonchev–Trinajstić information content (AvgIpc) is 2.73. The summed E-state index contributed by atoms with van der Waals surface area (Å²) in [6, 6.07) is 7.38. The lowest BCUT2D eigenvalue weighted by molar-refractivity contribution is -0.120. The summed E-state index contributed by atoms with van der Waals surface area (Å²) in [7, 11) is 0. The van der Waals surface area contributed by atoms with Crippen molar-refractivity contribution in [2.24, 2.45) is 5.92 Å². The summed E-state index contributed by atoms with van der Waals surface area (Å²) in [5.41, 5.74) is 7.27. The van der Waals surface area contributed by atoms with E-state index in [0.29, 0.717) is 24.6 Å². The van der Waals surface area contributed by atoms with E-state index in [1.807, 2.05) is 18.2 Å². The van der Waals surface area contributed by atoms with E-state index in [-0.39, 0.29) is 12.0 Å². The van der Waals surface area contributed by atoms with Crippen molar-refractivity contribution in [1.29, 1.82) is 0 Å². The Morgan fingerprint density at radius 2 is 2.28 bits per heavy atom. The predicted octanol–water partition coefficient (Wildman–Crippen LogP) is 1.09. The van der Waals surface area contributed by atoms with Crippen LogP contribution in [-0.4, -0.2) is 23.7 Å². The van der Waals surface area contributed by atoms with E-state index in [0.717, 1.165) is 24.8 Å². The summed E-state index contributed by atoms with van der Waals surface area (Å²) in [5, 5.41) is 12.3. The Labute approximate surface area is 107 Å². The normalized spacial score (nSPS) is 22.9. The molecule has 1 aromatic carbocycles. The minimum atomic E-state index is -0.180. The molecule has 0 saturated heterocycles. The third-order valence-corrected chi connectivity index (χ3v) is 3.42. The molecular weight excluding hydrogens is 228 g/mol. The number of aliphatic hydroxyl groups excluding tert-OH is 1. The van der Waals surface area contributed by atoms with Crippen LogP contribution in [0.15, 0.2) is 24.3 Å². The second-order valence-corrected chi connectivity index (χ2v) is 5.06. The number of carbonyl (C=O) groups is 1. The van der Waals surface area contributed by atoms with Crippen molar-refractivity contribution >= 4 is 11.6 Å². The van der Waals surface area contributed by atoms with Gasteiger partial charge in [0.25, 0.3) is 0 Å². The Morgan fingerprint density at radius 3 is 2.94 bits per heavy atom. The van der Waals surface area contributed by atoms with Crippen LogP contribution in [0, 0.1) is 5.92 Å². The predicted molar refractivity (Wildman–Crippen MR) is 70.9 cm³/mol. The zero-order valence-corrected chi connectivity index (χ0v) is 10.4.